The number of pyridine rings is 1. The highest BCUT2D eigenvalue weighted by molar-refractivity contribution is 5.98. The van der Waals surface area contributed by atoms with Gasteiger partial charge in [-0.3, -0.25) is 5.32 Å². The number of hydrogen-bond donors (Lipinski definition) is 4. The monoisotopic (exact) mass is 388 g/mol. The fraction of sp³-hybridized carbons (Fsp3) is 0.158. The van der Waals surface area contributed by atoms with Crippen molar-refractivity contribution in [3.63, 3.8) is 0 Å². The van der Waals surface area contributed by atoms with Gasteiger partial charge in [0.25, 0.3) is 0 Å². The summed E-state index contributed by atoms with van der Waals surface area (Å²) < 4.78 is 11.1. The molecule has 1 atom stereocenters. The van der Waals surface area contributed by atoms with Crippen LogP contribution < -0.4 is 31.6 Å². The number of ether oxygens (including phenoxy) is 2. The topological polar surface area (TPSA) is 167 Å². The Bertz CT molecular complexity index is 1120. The van der Waals surface area contributed by atoms with Gasteiger partial charge in [0, 0.05) is 11.1 Å². The van der Waals surface area contributed by atoms with Crippen molar-refractivity contribution in [2.24, 2.45) is 4.99 Å². The van der Waals surface area contributed by atoms with Crippen LogP contribution in [0.5, 0.6) is 11.5 Å². The second-order valence-electron chi connectivity index (χ2n) is 5.77. The van der Waals surface area contributed by atoms with Crippen LogP contribution in [-0.2, 0) is 0 Å². The Kier molecular flexibility index (Phi) is 5.25. The standard InChI is InChI=1S/C19H16N8O2/c1-3-7-29-16-10(5-4-6-12(16)28-2)15-13-14(22)11(8-20)17(23)26-18(13)27-19(25-15)24-9-21/h1,4-6,15H,7H2,2H3,(H6,22,23,24,25,26,27). The van der Waals surface area contributed by atoms with E-state index in [1.165, 1.54) is 7.11 Å². The summed E-state index contributed by atoms with van der Waals surface area (Å²) in [5, 5.41) is 23.7. The molecule has 10 nitrogen and oxygen atoms in total. The summed E-state index contributed by atoms with van der Waals surface area (Å²) >= 11 is 0. The largest absolute Gasteiger partial charge is 0.493 e. The molecule has 3 rings (SSSR count). The van der Waals surface area contributed by atoms with Crippen LogP contribution in [0, 0.1) is 35.1 Å². The number of hydrogen-bond acceptors (Lipinski definition) is 10. The number of nitriles is 2. The molecule has 144 valence electrons. The molecular formula is C19H16N8O2. The number of benzene rings is 1. The average molecular weight is 388 g/mol. The molecule has 29 heavy (non-hydrogen) atoms. The number of methoxy groups -OCH3 is 1. The molecule has 0 spiro atoms. The zero-order valence-electron chi connectivity index (χ0n) is 15.4. The lowest BCUT2D eigenvalue weighted by atomic mass is 9.94. The number of nitrogens with two attached hydrogens (primary N) is 2. The maximum Gasteiger partial charge on any atom is 0.211 e. The second-order valence-corrected chi connectivity index (χ2v) is 5.77. The molecule has 1 aromatic heterocycles. The predicted octanol–water partition coefficient (Wildman–Crippen LogP) is 1.08. The number of aliphatic imine (C=N–C) groups is 1. The summed E-state index contributed by atoms with van der Waals surface area (Å²) in [4.78, 5) is 8.73. The van der Waals surface area contributed by atoms with Gasteiger partial charge in [0.1, 0.15) is 35.9 Å². The maximum atomic E-state index is 9.42. The van der Waals surface area contributed by atoms with Gasteiger partial charge < -0.3 is 26.3 Å². The van der Waals surface area contributed by atoms with Crippen molar-refractivity contribution in [1.29, 1.82) is 10.5 Å². The van der Waals surface area contributed by atoms with Crippen LogP contribution in [0.2, 0.25) is 0 Å². The van der Waals surface area contributed by atoms with Gasteiger partial charge >= 0.3 is 0 Å². The molecule has 1 unspecified atom stereocenters. The lowest BCUT2D eigenvalue weighted by molar-refractivity contribution is 0.326. The third-order valence-corrected chi connectivity index (χ3v) is 4.18. The Morgan fingerprint density at radius 2 is 2.14 bits per heavy atom. The van der Waals surface area contributed by atoms with E-state index in [0.717, 1.165) is 0 Å². The van der Waals surface area contributed by atoms with E-state index in [1.54, 1.807) is 24.4 Å². The van der Waals surface area contributed by atoms with Crippen LogP contribution in [0.3, 0.4) is 0 Å². The van der Waals surface area contributed by atoms with Crippen LogP contribution in [-0.4, -0.2) is 24.7 Å². The van der Waals surface area contributed by atoms with Gasteiger partial charge in [0.05, 0.1) is 12.8 Å². The minimum Gasteiger partial charge on any atom is -0.493 e. The van der Waals surface area contributed by atoms with E-state index in [1.807, 2.05) is 6.07 Å². The SMILES string of the molecule is C#CCOc1c(OC)cccc1C1N=C(NC#N)Nc2nc(N)c(C#N)c(N)c21. The first kappa shape index (κ1) is 19.2. The number of rotatable bonds is 4. The van der Waals surface area contributed by atoms with Gasteiger partial charge in [-0.15, -0.1) is 6.42 Å². The van der Waals surface area contributed by atoms with Gasteiger partial charge in [-0.25, -0.2) is 9.98 Å². The number of nitrogen functional groups attached to an aromatic ring is 2. The number of para-hydroxylation sites is 1. The lowest BCUT2D eigenvalue weighted by Crippen LogP contribution is -2.33. The molecule has 2 heterocycles. The summed E-state index contributed by atoms with van der Waals surface area (Å²) in [5.41, 5.74) is 13.2. The number of fused-ring (bicyclic) bond motifs is 1. The molecule has 0 bridgehead atoms. The van der Waals surface area contributed by atoms with Gasteiger partial charge in [-0.05, 0) is 6.07 Å². The van der Waals surface area contributed by atoms with Crippen molar-refractivity contribution in [2.45, 2.75) is 6.04 Å². The van der Waals surface area contributed by atoms with Crippen LogP contribution in [0.25, 0.3) is 0 Å². The average Bonchev–Trinajstić information content (AvgIpc) is 2.71. The molecule has 0 fully saturated rings. The third kappa shape index (κ3) is 3.36. The zero-order valence-corrected chi connectivity index (χ0v) is 15.4. The second kappa shape index (κ2) is 7.95. The van der Waals surface area contributed by atoms with Crippen molar-refractivity contribution in [2.75, 3.05) is 30.5 Å². The summed E-state index contributed by atoms with van der Waals surface area (Å²) in [7, 11) is 1.49. The Hall–Kier alpha value is -4.62. The minimum absolute atomic E-state index is 0.00284. The fourth-order valence-corrected chi connectivity index (χ4v) is 2.98. The van der Waals surface area contributed by atoms with Crippen molar-refractivity contribution in [3.05, 3.63) is 34.9 Å². The molecule has 10 heteroatoms. The number of nitrogens with one attached hydrogen (secondary N) is 2. The Morgan fingerprint density at radius 1 is 1.34 bits per heavy atom. The van der Waals surface area contributed by atoms with Crippen molar-refractivity contribution in [1.82, 2.24) is 10.3 Å². The summed E-state index contributed by atoms with van der Waals surface area (Å²) in [6.45, 7) is -0.00284. The Labute approximate surface area is 166 Å². The highest BCUT2D eigenvalue weighted by Gasteiger charge is 2.32. The molecule has 6 N–H and O–H groups in total. The highest BCUT2D eigenvalue weighted by Crippen LogP contribution is 2.45. The Balaban J connectivity index is 2.29. The first-order valence-corrected chi connectivity index (χ1v) is 8.27. The molecular weight excluding hydrogens is 372 g/mol. The summed E-state index contributed by atoms with van der Waals surface area (Å²) in [6, 6.07) is 6.39. The van der Waals surface area contributed by atoms with Gasteiger partial charge in [0.2, 0.25) is 5.96 Å². The van der Waals surface area contributed by atoms with Crippen LogP contribution in [0.4, 0.5) is 17.3 Å². The van der Waals surface area contributed by atoms with Crippen molar-refractivity contribution in [3.8, 4) is 36.1 Å². The number of aromatic nitrogens is 1. The van der Waals surface area contributed by atoms with Crippen LogP contribution >= 0.6 is 0 Å². The number of nitrogens with zero attached hydrogens (tertiary/aromatic N) is 4. The minimum atomic E-state index is -0.773. The molecule has 2 aromatic rings. The number of terminal acetylenes is 1. The van der Waals surface area contributed by atoms with Gasteiger partial charge in [0.15, 0.2) is 17.7 Å². The molecule has 1 aliphatic rings. The predicted molar refractivity (Wildman–Crippen MR) is 107 cm³/mol. The van der Waals surface area contributed by atoms with Gasteiger partial charge in [-0.1, -0.05) is 18.1 Å². The summed E-state index contributed by atoms with van der Waals surface area (Å²) in [6.07, 6.45) is 7.13. The van der Waals surface area contributed by atoms with Crippen molar-refractivity contribution < 1.29 is 9.47 Å². The number of guanidine groups is 1. The third-order valence-electron chi connectivity index (χ3n) is 4.18. The smallest absolute Gasteiger partial charge is 0.211 e. The van der Waals surface area contributed by atoms with Crippen LogP contribution in [0.1, 0.15) is 22.7 Å². The van der Waals surface area contributed by atoms with E-state index in [2.05, 4.69) is 26.5 Å². The number of anilines is 3. The maximum absolute atomic E-state index is 9.42. The molecule has 0 radical (unpaired) electrons. The van der Waals surface area contributed by atoms with Crippen LogP contribution in [0.15, 0.2) is 23.2 Å². The Morgan fingerprint density at radius 3 is 2.79 bits per heavy atom. The lowest BCUT2D eigenvalue weighted by Gasteiger charge is -2.27. The van der Waals surface area contributed by atoms with E-state index in [-0.39, 0.29) is 35.5 Å². The first-order valence-electron chi connectivity index (χ1n) is 8.27. The van der Waals surface area contributed by atoms with E-state index in [4.69, 9.17) is 32.6 Å². The molecule has 1 aromatic carbocycles. The quantitative estimate of drug-likeness (QED) is 0.340. The molecule has 0 amide bonds. The van der Waals surface area contributed by atoms with E-state index >= 15 is 0 Å². The summed E-state index contributed by atoms with van der Waals surface area (Å²) in [5.74, 6) is 3.56. The normalized spacial score (nSPS) is 14.1. The zero-order chi connectivity index (χ0) is 21.0. The molecule has 0 saturated heterocycles. The first-order chi connectivity index (χ1) is 14.0. The van der Waals surface area contributed by atoms with E-state index in [0.29, 0.717) is 22.6 Å². The fourth-order valence-electron chi connectivity index (χ4n) is 2.98. The van der Waals surface area contributed by atoms with E-state index in [9.17, 15) is 5.26 Å². The van der Waals surface area contributed by atoms with Gasteiger partial charge in [-0.2, -0.15) is 10.5 Å². The van der Waals surface area contributed by atoms with Crippen molar-refractivity contribution >= 4 is 23.3 Å². The molecule has 1 aliphatic heterocycles. The molecule has 0 aliphatic carbocycles. The highest BCUT2D eigenvalue weighted by atomic mass is 16.5. The molecule has 0 saturated carbocycles. The van der Waals surface area contributed by atoms with E-state index < -0.39 is 6.04 Å².